The van der Waals surface area contributed by atoms with Crippen LogP contribution in [0.5, 0.6) is 0 Å². The Hall–Kier alpha value is -0.800. The van der Waals surface area contributed by atoms with E-state index in [9.17, 15) is 0 Å². The molecule has 1 aliphatic heterocycles. The minimum atomic E-state index is 0.725. The van der Waals surface area contributed by atoms with Crippen LogP contribution in [0.2, 0.25) is 0 Å². The average Bonchev–Trinajstić information content (AvgIpc) is 2.74. The van der Waals surface area contributed by atoms with Gasteiger partial charge in [0.2, 0.25) is 0 Å². The van der Waals surface area contributed by atoms with Gasteiger partial charge < -0.3 is 9.73 Å². The molecule has 1 aromatic rings. The monoisotopic (exact) mass is 208 g/mol. The fourth-order valence-electron chi connectivity index (χ4n) is 2.21. The molecule has 0 saturated carbocycles. The van der Waals surface area contributed by atoms with Gasteiger partial charge in [-0.1, -0.05) is 6.92 Å². The third-order valence-electron chi connectivity index (χ3n) is 3.04. The lowest BCUT2D eigenvalue weighted by Crippen LogP contribution is -2.41. The van der Waals surface area contributed by atoms with E-state index in [0.29, 0.717) is 0 Å². The topological polar surface area (TPSA) is 28.4 Å². The van der Waals surface area contributed by atoms with Crippen LogP contribution >= 0.6 is 0 Å². The fourth-order valence-corrected chi connectivity index (χ4v) is 2.21. The number of furan rings is 1. The van der Waals surface area contributed by atoms with Gasteiger partial charge in [-0.2, -0.15) is 0 Å². The largest absolute Gasteiger partial charge is 0.468 e. The van der Waals surface area contributed by atoms with Crippen molar-refractivity contribution in [1.82, 2.24) is 10.2 Å². The maximum atomic E-state index is 5.35. The molecule has 84 valence electrons. The zero-order chi connectivity index (χ0) is 10.5. The predicted molar refractivity (Wildman–Crippen MR) is 60.7 cm³/mol. The van der Waals surface area contributed by atoms with E-state index in [2.05, 4.69) is 23.2 Å². The third kappa shape index (κ3) is 3.08. The molecule has 3 heteroatoms. The number of piperidine rings is 1. The van der Waals surface area contributed by atoms with Crippen molar-refractivity contribution in [2.24, 2.45) is 0 Å². The van der Waals surface area contributed by atoms with Gasteiger partial charge in [0.25, 0.3) is 0 Å². The van der Waals surface area contributed by atoms with Gasteiger partial charge in [0.15, 0.2) is 0 Å². The summed E-state index contributed by atoms with van der Waals surface area (Å²) in [4.78, 5) is 2.46. The number of nitrogens with one attached hydrogen (secondary N) is 1. The Morgan fingerprint density at radius 2 is 2.27 bits per heavy atom. The molecular formula is C12H20N2O. The summed E-state index contributed by atoms with van der Waals surface area (Å²) in [5.41, 5.74) is 0. The predicted octanol–water partition coefficient (Wildman–Crippen LogP) is 1.85. The Balaban J connectivity index is 1.74. The van der Waals surface area contributed by atoms with Crippen molar-refractivity contribution in [3.05, 3.63) is 24.2 Å². The van der Waals surface area contributed by atoms with E-state index in [1.807, 2.05) is 6.07 Å². The molecule has 0 unspecified atom stereocenters. The van der Waals surface area contributed by atoms with E-state index in [-0.39, 0.29) is 0 Å². The van der Waals surface area contributed by atoms with Crippen molar-refractivity contribution in [1.29, 1.82) is 0 Å². The highest BCUT2D eigenvalue weighted by molar-refractivity contribution is 4.98. The van der Waals surface area contributed by atoms with E-state index in [0.717, 1.165) is 24.9 Å². The molecule has 0 radical (unpaired) electrons. The third-order valence-corrected chi connectivity index (χ3v) is 3.04. The first-order valence-electron chi connectivity index (χ1n) is 5.86. The molecular weight excluding hydrogens is 188 g/mol. The van der Waals surface area contributed by atoms with Gasteiger partial charge in [-0.15, -0.1) is 0 Å². The first kappa shape index (κ1) is 10.7. The van der Waals surface area contributed by atoms with Gasteiger partial charge in [0.1, 0.15) is 5.76 Å². The zero-order valence-corrected chi connectivity index (χ0v) is 9.41. The summed E-state index contributed by atoms with van der Waals surface area (Å²) < 4.78 is 5.35. The van der Waals surface area contributed by atoms with Gasteiger partial charge in [-0.3, -0.25) is 4.90 Å². The molecule has 1 fully saturated rings. The molecule has 0 spiro atoms. The summed E-state index contributed by atoms with van der Waals surface area (Å²) >= 11 is 0. The van der Waals surface area contributed by atoms with Crippen LogP contribution in [0.1, 0.15) is 25.5 Å². The highest BCUT2D eigenvalue weighted by atomic mass is 16.3. The molecule has 1 N–H and O–H groups in total. The first-order valence-corrected chi connectivity index (χ1v) is 5.86. The van der Waals surface area contributed by atoms with Gasteiger partial charge >= 0.3 is 0 Å². The highest BCUT2D eigenvalue weighted by Crippen LogP contribution is 2.13. The summed E-state index contributed by atoms with van der Waals surface area (Å²) in [6, 6.07) is 4.74. The molecule has 0 aliphatic carbocycles. The SMILES string of the molecule is CCNC1CCN(Cc2ccco2)CC1. The molecule has 1 aliphatic rings. The minimum Gasteiger partial charge on any atom is -0.468 e. The Labute approximate surface area is 91.4 Å². The van der Waals surface area contributed by atoms with Crippen molar-refractivity contribution in [3.63, 3.8) is 0 Å². The molecule has 1 saturated heterocycles. The number of likely N-dealkylation sites (tertiary alicyclic amines) is 1. The molecule has 2 rings (SSSR count). The van der Waals surface area contributed by atoms with Crippen molar-refractivity contribution in [3.8, 4) is 0 Å². The van der Waals surface area contributed by atoms with Crippen molar-refractivity contribution in [2.45, 2.75) is 32.4 Å². The molecule has 2 heterocycles. The van der Waals surface area contributed by atoms with Crippen LogP contribution in [0.4, 0.5) is 0 Å². The van der Waals surface area contributed by atoms with Crippen LogP contribution in [0.25, 0.3) is 0 Å². The summed E-state index contributed by atoms with van der Waals surface area (Å²) in [5.74, 6) is 1.08. The molecule has 0 amide bonds. The van der Waals surface area contributed by atoms with E-state index >= 15 is 0 Å². The molecule has 1 aromatic heterocycles. The molecule has 3 nitrogen and oxygen atoms in total. The van der Waals surface area contributed by atoms with Gasteiger partial charge in [0.05, 0.1) is 12.8 Å². The van der Waals surface area contributed by atoms with Crippen LogP contribution in [0.15, 0.2) is 22.8 Å². The van der Waals surface area contributed by atoms with Crippen molar-refractivity contribution in [2.75, 3.05) is 19.6 Å². The van der Waals surface area contributed by atoms with Gasteiger partial charge in [-0.25, -0.2) is 0 Å². The van der Waals surface area contributed by atoms with Crippen molar-refractivity contribution < 1.29 is 4.42 Å². The van der Waals surface area contributed by atoms with E-state index in [1.54, 1.807) is 6.26 Å². The Morgan fingerprint density at radius 1 is 1.47 bits per heavy atom. The fraction of sp³-hybridized carbons (Fsp3) is 0.667. The van der Waals surface area contributed by atoms with Crippen LogP contribution in [0, 0.1) is 0 Å². The molecule has 0 aromatic carbocycles. The lowest BCUT2D eigenvalue weighted by atomic mass is 10.1. The second-order valence-corrected chi connectivity index (χ2v) is 4.19. The maximum absolute atomic E-state index is 5.35. The normalized spacial score (nSPS) is 19.5. The average molecular weight is 208 g/mol. The highest BCUT2D eigenvalue weighted by Gasteiger charge is 2.18. The summed E-state index contributed by atoms with van der Waals surface area (Å²) in [6.07, 6.45) is 4.27. The number of hydrogen-bond donors (Lipinski definition) is 1. The Morgan fingerprint density at radius 3 is 2.87 bits per heavy atom. The van der Waals surface area contributed by atoms with Crippen molar-refractivity contribution >= 4 is 0 Å². The zero-order valence-electron chi connectivity index (χ0n) is 9.41. The molecule has 0 bridgehead atoms. The Bertz CT molecular complexity index is 263. The summed E-state index contributed by atoms with van der Waals surface area (Å²) in [5, 5.41) is 3.51. The van der Waals surface area contributed by atoms with Crippen LogP contribution in [0.3, 0.4) is 0 Å². The number of hydrogen-bond acceptors (Lipinski definition) is 3. The Kier molecular flexibility index (Phi) is 3.80. The van der Waals surface area contributed by atoms with Crippen LogP contribution in [-0.2, 0) is 6.54 Å². The van der Waals surface area contributed by atoms with E-state index in [4.69, 9.17) is 4.42 Å². The number of nitrogens with zero attached hydrogens (tertiary/aromatic N) is 1. The minimum absolute atomic E-state index is 0.725. The second-order valence-electron chi connectivity index (χ2n) is 4.19. The lowest BCUT2D eigenvalue weighted by Gasteiger charge is -2.31. The summed E-state index contributed by atoms with van der Waals surface area (Å²) in [7, 11) is 0. The van der Waals surface area contributed by atoms with Crippen LogP contribution in [-0.4, -0.2) is 30.6 Å². The lowest BCUT2D eigenvalue weighted by molar-refractivity contribution is 0.180. The van der Waals surface area contributed by atoms with Gasteiger partial charge in [0, 0.05) is 19.1 Å². The standard InChI is InChI=1S/C12H20N2O/c1-2-13-11-5-7-14(8-6-11)10-12-4-3-9-15-12/h3-4,9,11,13H,2,5-8,10H2,1H3. The quantitative estimate of drug-likeness (QED) is 0.818. The number of rotatable bonds is 4. The second kappa shape index (κ2) is 5.33. The smallest absolute Gasteiger partial charge is 0.117 e. The molecule has 0 atom stereocenters. The van der Waals surface area contributed by atoms with Crippen LogP contribution < -0.4 is 5.32 Å². The van der Waals surface area contributed by atoms with E-state index < -0.39 is 0 Å². The maximum Gasteiger partial charge on any atom is 0.117 e. The molecule has 15 heavy (non-hydrogen) atoms. The summed E-state index contributed by atoms with van der Waals surface area (Å²) in [6.45, 7) is 6.58. The first-order chi connectivity index (χ1) is 7.38. The van der Waals surface area contributed by atoms with E-state index in [1.165, 1.54) is 25.9 Å². The van der Waals surface area contributed by atoms with Gasteiger partial charge in [-0.05, 0) is 31.5 Å².